The van der Waals surface area contributed by atoms with E-state index in [1.165, 1.54) is 59.2 Å². The number of nitrogens with zero attached hydrogens (tertiary/aromatic N) is 1. The lowest BCUT2D eigenvalue weighted by atomic mass is 9.74. The lowest BCUT2D eigenvalue weighted by Crippen LogP contribution is -2.24. The van der Waals surface area contributed by atoms with E-state index in [9.17, 15) is 0 Å². The first-order chi connectivity index (χ1) is 23.1. The predicted octanol–water partition coefficient (Wildman–Crippen LogP) is 13.0. The maximum Gasteiger partial charge on any atom is 0.0464 e. The van der Waals surface area contributed by atoms with Crippen LogP contribution in [0, 0.1) is 5.92 Å². The highest BCUT2D eigenvalue weighted by Crippen LogP contribution is 2.54. The molecule has 2 aliphatic carbocycles. The van der Waals surface area contributed by atoms with Crippen LogP contribution in [0.15, 0.2) is 164 Å². The Hall–Kier alpha value is -5.18. The Morgan fingerprint density at radius 3 is 2.00 bits per heavy atom. The van der Waals surface area contributed by atoms with E-state index in [1.807, 2.05) is 11.3 Å². The molecule has 0 bridgehead atoms. The number of anilines is 3. The largest absolute Gasteiger partial charge is 0.310 e. The van der Waals surface area contributed by atoms with Crippen molar-refractivity contribution in [2.45, 2.75) is 25.2 Å². The highest BCUT2D eigenvalue weighted by atomic mass is 32.1. The molecule has 2 unspecified atom stereocenters. The molecule has 6 aromatic carbocycles. The van der Waals surface area contributed by atoms with Crippen molar-refractivity contribution >= 4 is 48.6 Å². The van der Waals surface area contributed by atoms with Gasteiger partial charge in [0.05, 0.1) is 0 Å². The second kappa shape index (κ2) is 11.0. The van der Waals surface area contributed by atoms with Gasteiger partial charge in [-0.05, 0) is 87.2 Å². The maximum absolute atomic E-state index is 2.44. The number of allylic oxidation sites excluding steroid dienone is 4. The van der Waals surface area contributed by atoms with Crippen molar-refractivity contribution in [1.82, 2.24) is 0 Å². The molecule has 9 rings (SSSR count). The van der Waals surface area contributed by atoms with Crippen LogP contribution in [0.5, 0.6) is 0 Å². The topological polar surface area (TPSA) is 3.24 Å². The molecule has 0 saturated heterocycles. The molecule has 0 fully saturated rings. The molecule has 0 N–H and O–H groups in total. The molecule has 1 nitrogen and oxygen atoms in total. The second-order valence-corrected chi connectivity index (χ2v) is 14.4. The van der Waals surface area contributed by atoms with Crippen LogP contribution in [0.2, 0.25) is 0 Å². The SMILES string of the molecule is CC1(C)c2cc(N(c3ccccc3)c3ccc(-c4ccc(-c5cccc6c5sc5ccccc56)cc4)cc3)ccc2C2C=CC=CC21. The highest BCUT2D eigenvalue weighted by Gasteiger charge is 2.44. The van der Waals surface area contributed by atoms with Gasteiger partial charge in [0.15, 0.2) is 0 Å². The molecular formula is C45H35NS. The lowest BCUT2D eigenvalue weighted by Gasteiger charge is -2.30. The quantitative estimate of drug-likeness (QED) is 0.185. The fourth-order valence-electron chi connectivity index (χ4n) is 7.95. The summed E-state index contributed by atoms with van der Waals surface area (Å²) in [7, 11) is 0. The first-order valence-electron chi connectivity index (χ1n) is 16.5. The van der Waals surface area contributed by atoms with Crippen molar-refractivity contribution < 1.29 is 0 Å². The van der Waals surface area contributed by atoms with Gasteiger partial charge in [-0.25, -0.2) is 0 Å². The van der Waals surface area contributed by atoms with Gasteiger partial charge in [-0.15, -0.1) is 11.3 Å². The summed E-state index contributed by atoms with van der Waals surface area (Å²) in [6.45, 7) is 4.80. The second-order valence-electron chi connectivity index (χ2n) is 13.4. The zero-order valence-corrected chi connectivity index (χ0v) is 27.4. The minimum absolute atomic E-state index is 0.0676. The van der Waals surface area contributed by atoms with Gasteiger partial charge >= 0.3 is 0 Å². The Labute approximate surface area is 280 Å². The number of fused-ring (bicyclic) bond motifs is 6. The monoisotopic (exact) mass is 621 g/mol. The summed E-state index contributed by atoms with van der Waals surface area (Å²) in [4.78, 5) is 2.39. The smallest absolute Gasteiger partial charge is 0.0464 e. The number of hydrogen-bond acceptors (Lipinski definition) is 2. The summed E-state index contributed by atoms with van der Waals surface area (Å²) in [6, 6.07) is 51.4. The first-order valence-corrected chi connectivity index (χ1v) is 17.3. The van der Waals surface area contributed by atoms with Gasteiger partial charge in [0.1, 0.15) is 0 Å². The van der Waals surface area contributed by atoms with Crippen LogP contribution >= 0.6 is 11.3 Å². The molecule has 226 valence electrons. The molecule has 2 atom stereocenters. The Bertz CT molecular complexity index is 2320. The predicted molar refractivity (Wildman–Crippen MR) is 202 cm³/mol. The van der Waals surface area contributed by atoms with Gasteiger partial charge in [-0.2, -0.15) is 0 Å². The van der Waals surface area contributed by atoms with Crippen molar-refractivity contribution in [3.8, 4) is 22.3 Å². The molecule has 0 aliphatic heterocycles. The molecular weight excluding hydrogens is 587 g/mol. The molecule has 7 aromatic rings. The maximum atomic E-state index is 2.44. The van der Waals surface area contributed by atoms with E-state index in [1.54, 1.807) is 0 Å². The van der Waals surface area contributed by atoms with E-state index in [-0.39, 0.29) is 5.41 Å². The average molecular weight is 622 g/mol. The molecule has 1 heterocycles. The molecule has 2 heteroatoms. The van der Waals surface area contributed by atoms with Gasteiger partial charge in [0, 0.05) is 43.2 Å². The summed E-state index contributed by atoms with van der Waals surface area (Å²) in [6.07, 6.45) is 9.20. The number of rotatable bonds is 5. The van der Waals surface area contributed by atoms with E-state index in [2.05, 4.69) is 183 Å². The zero-order valence-electron chi connectivity index (χ0n) is 26.6. The van der Waals surface area contributed by atoms with Crippen molar-refractivity contribution in [3.05, 3.63) is 175 Å². The minimum atomic E-state index is 0.0676. The number of thiophene rings is 1. The van der Waals surface area contributed by atoms with E-state index in [0.29, 0.717) is 11.8 Å². The summed E-state index contributed by atoms with van der Waals surface area (Å²) in [5.74, 6) is 0.944. The highest BCUT2D eigenvalue weighted by molar-refractivity contribution is 7.26. The summed E-state index contributed by atoms with van der Waals surface area (Å²) in [5, 5.41) is 2.68. The van der Waals surface area contributed by atoms with Gasteiger partial charge in [0.25, 0.3) is 0 Å². The van der Waals surface area contributed by atoms with Crippen molar-refractivity contribution in [2.24, 2.45) is 5.92 Å². The van der Waals surface area contributed by atoms with Gasteiger partial charge in [0.2, 0.25) is 0 Å². The Balaban J connectivity index is 1.05. The van der Waals surface area contributed by atoms with Crippen LogP contribution in [0.3, 0.4) is 0 Å². The number of benzene rings is 6. The summed E-state index contributed by atoms with van der Waals surface area (Å²) in [5.41, 5.74) is 11.5. The van der Waals surface area contributed by atoms with Gasteiger partial charge < -0.3 is 4.90 Å². The van der Waals surface area contributed by atoms with Gasteiger partial charge in [-0.3, -0.25) is 0 Å². The summed E-state index contributed by atoms with van der Waals surface area (Å²) >= 11 is 1.89. The van der Waals surface area contributed by atoms with Crippen molar-refractivity contribution in [2.75, 3.05) is 4.90 Å². The Morgan fingerprint density at radius 1 is 0.553 bits per heavy atom. The molecule has 0 spiro atoms. The van der Waals surface area contributed by atoms with E-state index in [0.717, 1.165) is 11.4 Å². The minimum Gasteiger partial charge on any atom is -0.310 e. The standard InChI is InChI=1S/C45H35NS/c1-45(2)41-17-8-6-13-37(41)38-28-27-35(29-42(38)45)46(33-11-4-3-5-12-33)34-25-23-31(24-26-34)30-19-21-32(22-20-30)36-15-10-16-40-39-14-7-9-18-43(39)47-44(36)40/h3-29,37,41H,1-2H3. The number of para-hydroxylation sites is 1. The van der Waals surface area contributed by atoms with Crippen LogP contribution in [-0.4, -0.2) is 0 Å². The molecule has 47 heavy (non-hydrogen) atoms. The molecule has 1 aromatic heterocycles. The molecule has 0 radical (unpaired) electrons. The average Bonchev–Trinajstić information content (AvgIpc) is 3.62. The van der Waals surface area contributed by atoms with Crippen LogP contribution in [-0.2, 0) is 5.41 Å². The van der Waals surface area contributed by atoms with E-state index >= 15 is 0 Å². The fraction of sp³-hybridized carbons (Fsp3) is 0.111. The van der Waals surface area contributed by atoms with Crippen LogP contribution < -0.4 is 4.90 Å². The first kappa shape index (κ1) is 28.1. The number of hydrogen-bond donors (Lipinski definition) is 0. The third-order valence-electron chi connectivity index (χ3n) is 10.4. The molecule has 0 amide bonds. The Kier molecular flexibility index (Phi) is 6.55. The molecule has 2 aliphatic rings. The zero-order chi connectivity index (χ0) is 31.5. The van der Waals surface area contributed by atoms with Crippen LogP contribution in [0.25, 0.3) is 42.4 Å². The third kappa shape index (κ3) is 4.59. The summed E-state index contributed by atoms with van der Waals surface area (Å²) < 4.78 is 2.69. The van der Waals surface area contributed by atoms with Gasteiger partial charge in [-0.1, -0.05) is 135 Å². The Morgan fingerprint density at radius 2 is 1.19 bits per heavy atom. The van der Waals surface area contributed by atoms with E-state index < -0.39 is 0 Å². The lowest BCUT2D eigenvalue weighted by molar-refractivity contribution is 0.394. The third-order valence-corrected chi connectivity index (χ3v) is 11.6. The fourth-order valence-corrected chi connectivity index (χ4v) is 9.19. The van der Waals surface area contributed by atoms with E-state index in [4.69, 9.17) is 0 Å². The molecule has 0 saturated carbocycles. The van der Waals surface area contributed by atoms with Crippen molar-refractivity contribution in [1.29, 1.82) is 0 Å². The van der Waals surface area contributed by atoms with Crippen molar-refractivity contribution in [3.63, 3.8) is 0 Å². The van der Waals surface area contributed by atoms with Crippen LogP contribution in [0.4, 0.5) is 17.1 Å². The van der Waals surface area contributed by atoms with Crippen LogP contribution in [0.1, 0.15) is 30.9 Å². The normalized spacial score (nSPS) is 17.6.